The summed E-state index contributed by atoms with van der Waals surface area (Å²) in [6.07, 6.45) is 0.176. The first-order valence-electron chi connectivity index (χ1n) is 7.21. The van der Waals surface area contributed by atoms with E-state index in [2.05, 4.69) is 20.9 Å². The van der Waals surface area contributed by atoms with Gasteiger partial charge >= 0.3 is 0 Å². The summed E-state index contributed by atoms with van der Waals surface area (Å²) in [5.74, 6) is -0.240. The molecule has 9 heteroatoms. The van der Waals surface area contributed by atoms with Crippen LogP contribution >= 0.6 is 15.9 Å². The third-order valence-corrected chi connectivity index (χ3v) is 4.53. The molecule has 1 aliphatic carbocycles. The zero-order valence-electron chi connectivity index (χ0n) is 12.6. The Bertz CT molecular complexity index is 966. The van der Waals surface area contributed by atoms with E-state index in [1.807, 2.05) is 0 Å². The molecule has 1 aromatic heterocycles. The first-order valence-corrected chi connectivity index (χ1v) is 8.00. The van der Waals surface area contributed by atoms with Crippen molar-refractivity contribution in [3.63, 3.8) is 0 Å². The molecule has 1 atom stereocenters. The molecule has 0 radical (unpaired) electrons. The normalized spacial score (nSPS) is 18.2. The zero-order valence-corrected chi connectivity index (χ0v) is 14.2. The largest absolute Gasteiger partial charge is 0.299 e. The van der Waals surface area contributed by atoms with Crippen molar-refractivity contribution in [3.8, 4) is 0 Å². The highest BCUT2D eigenvalue weighted by molar-refractivity contribution is 9.10. The maximum Gasteiger partial charge on any atom is 0.285 e. The number of nitrogens with zero attached hydrogens (tertiary/aromatic N) is 3. The van der Waals surface area contributed by atoms with E-state index in [1.165, 1.54) is 16.7 Å². The standard InChI is InChI=1S/C15H12BrN3O5/c1-7-17-10-4-8(16)5-12(19(23)24)14(10)15(22)18(7)11-3-2-9(20)6-13(11)21/h4-5,11H,2-3,6H2,1H3. The fourth-order valence-electron chi connectivity index (χ4n) is 3.02. The van der Waals surface area contributed by atoms with Gasteiger partial charge in [0, 0.05) is 17.0 Å². The number of nitro groups is 1. The van der Waals surface area contributed by atoms with E-state index in [1.54, 1.807) is 6.92 Å². The van der Waals surface area contributed by atoms with Crippen molar-refractivity contribution in [1.82, 2.24) is 9.55 Å². The number of aryl methyl sites for hydroxylation is 1. The van der Waals surface area contributed by atoms with Gasteiger partial charge in [-0.05, 0) is 19.4 Å². The van der Waals surface area contributed by atoms with Gasteiger partial charge in [0.25, 0.3) is 11.2 Å². The zero-order chi connectivity index (χ0) is 17.6. The predicted molar refractivity (Wildman–Crippen MR) is 88.0 cm³/mol. The third-order valence-electron chi connectivity index (χ3n) is 4.07. The van der Waals surface area contributed by atoms with Crippen molar-refractivity contribution in [1.29, 1.82) is 0 Å². The molecule has 0 amide bonds. The third kappa shape index (κ3) is 2.64. The minimum Gasteiger partial charge on any atom is -0.299 e. The number of hydrogen-bond acceptors (Lipinski definition) is 6. The Kier molecular flexibility index (Phi) is 4.04. The number of rotatable bonds is 2. The van der Waals surface area contributed by atoms with Gasteiger partial charge in [-0.15, -0.1) is 0 Å². The molecule has 2 aromatic rings. The molecule has 0 bridgehead atoms. The summed E-state index contributed by atoms with van der Waals surface area (Å²) in [4.78, 5) is 51.3. The lowest BCUT2D eigenvalue weighted by atomic mass is 9.92. The number of nitro benzene ring substituents is 1. The quantitative estimate of drug-likeness (QED) is 0.439. The van der Waals surface area contributed by atoms with Crippen LogP contribution in [0.5, 0.6) is 0 Å². The summed E-state index contributed by atoms with van der Waals surface area (Å²) in [5.41, 5.74) is -0.816. The molecule has 3 rings (SSSR count). The Morgan fingerprint density at radius 2 is 2.04 bits per heavy atom. The van der Waals surface area contributed by atoms with Gasteiger partial charge in [-0.25, -0.2) is 4.98 Å². The highest BCUT2D eigenvalue weighted by atomic mass is 79.9. The molecule has 0 spiro atoms. The molecule has 8 nitrogen and oxygen atoms in total. The number of carbonyl (C=O) groups excluding carboxylic acids is 2. The fourth-order valence-corrected chi connectivity index (χ4v) is 3.46. The highest BCUT2D eigenvalue weighted by Crippen LogP contribution is 2.29. The topological polar surface area (TPSA) is 112 Å². The summed E-state index contributed by atoms with van der Waals surface area (Å²) in [5, 5.41) is 11.2. The van der Waals surface area contributed by atoms with Crippen molar-refractivity contribution < 1.29 is 14.5 Å². The van der Waals surface area contributed by atoms with Gasteiger partial charge in [0.2, 0.25) is 0 Å². The van der Waals surface area contributed by atoms with Crippen LogP contribution in [-0.2, 0) is 9.59 Å². The number of aromatic nitrogens is 2. The van der Waals surface area contributed by atoms with Crippen LogP contribution < -0.4 is 5.56 Å². The van der Waals surface area contributed by atoms with Crippen molar-refractivity contribution in [3.05, 3.63) is 42.9 Å². The molecule has 1 heterocycles. The molecular formula is C15H12BrN3O5. The molecule has 0 N–H and O–H groups in total. The van der Waals surface area contributed by atoms with E-state index < -0.39 is 16.5 Å². The van der Waals surface area contributed by atoms with E-state index in [4.69, 9.17) is 0 Å². The van der Waals surface area contributed by atoms with Gasteiger partial charge in [-0.2, -0.15) is 0 Å². The van der Waals surface area contributed by atoms with Crippen molar-refractivity contribution >= 4 is 44.1 Å². The fraction of sp³-hybridized carbons (Fsp3) is 0.333. The number of ketones is 2. The lowest BCUT2D eigenvalue weighted by molar-refractivity contribution is -0.383. The van der Waals surface area contributed by atoms with Crippen LogP contribution in [0.2, 0.25) is 0 Å². The minimum atomic E-state index is -0.810. The molecule has 24 heavy (non-hydrogen) atoms. The van der Waals surface area contributed by atoms with Gasteiger partial charge in [0.15, 0.2) is 5.78 Å². The van der Waals surface area contributed by atoms with E-state index >= 15 is 0 Å². The number of fused-ring (bicyclic) bond motifs is 1. The Morgan fingerprint density at radius 3 is 2.67 bits per heavy atom. The van der Waals surface area contributed by atoms with Gasteiger partial charge < -0.3 is 0 Å². The summed E-state index contributed by atoms with van der Waals surface area (Å²) >= 11 is 3.17. The molecule has 1 aliphatic rings. The number of carbonyl (C=O) groups is 2. The lowest BCUT2D eigenvalue weighted by Gasteiger charge is -2.23. The van der Waals surface area contributed by atoms with Gasteiger partial charge in [-0.1, -0.05) is 15.9 Å². The first kappa shape index (κ1) is 16.4. The SMILES string of the molecule is Cc1nc2cc(Br)cc([N+](=O)[O-])c2c(=O)n1C1CCC(=O)CC1=O. The summed E-state index contributed by atoms with van der Waals surface area (Å²) in [6.45, 7) is 1.57. The summed E-state index contributed by atoms with van der Waals surface area (Å²) < 4.78 is 1.61. The van der Waals surface area contributed by atoms with Crippen molar-refractivity contribution in [2.75, 3.05) is 0 Å². The number of halogens is 1. The van der Waals surface area contributed by atoms with E-state index in [9.17, 15) is 24.5 Å². The van der Waals surface area contributed by atoms with Gasteiger partial charge in [0.1, 0.15) is 17.0 Å². The van der Waals surface area contributed by atoms with Crippen LogP contribution in [0.4, 0.5) is 5.69 Å². The number of hydrogen-bond donors (Lipinski definition) is 0. The van der Waals surface area contributed by atoms with Crippen LogP contribution in [0.3, 0.4) is 0 Å². The molecular weight excluding hydrogens is 382 g/mol. The number of benzene rings is 1. The Labute approximate surface area is 143 Å². The Balaban J connectivity index is 2.31. The summed E-state index contributed by atoms with van der Waals surface area (Å²) in [7, 11) is 0. The maximum atomic E-state index is 12.9. The van der Waals surface area contributed by atoms with E-state index in [0.29, 0.717) is 4.47 Å². The van der Waals surface area contributed by atoms with Crippen LogP contribution in [0.1, 0.15) is 31.1 Å². The second-order valence-corrected chi connectivity index (χ2v) is 6.56. The van der Waals surface area contributed by atoms with Crippen LogP contribution in [-0.4, -0.2) is 26.0 Å². The molecule has 0 saturated heterocycles. The Hall–Kier alpha value is -2.42. The molecule has 1 fully saturated rings. The molecule has 1 unspecified atom stereocenters. The minimum absolute atomic E-state index is 0.140. The lowest BCUT2D eigenvalue weighted by Crippen LogP contribution is -2.36. The van der Waals surface area contributed by atoms with Gasteiger partial charge in [-0.3, -0.25) is 29.1 Å². The number of non-ortho nitro benzene ring substituents is 1. The van der Waals surface area contributed by atoms with Crippen molar-refractivity contribution in [2.24, 2.45) is 0 Å². The maximum absolute atomic E-state index is 12.9. The number of Topliss-reactive ketones (excluding diaryl/α,β-unsaturated/α-hetero) is 2. The average Bonchev–Trinajstić information content (AvgIpc) is 2.47. The average molecular weight is 394 g/mol. The monoisotopic (exact) mass is 393 g/mol. The predicted octanol–water partition coefficient (Wildman–Crippen LogP) is 2.24. The van der Waals surface area contributed by atoms with Crippen LogP contribution in [0, 0.1) is 17.0 Å². The van der Waals surface area contributed by atoms with E-state index in [0.717, 1.165) is 0 Å². The van der Waals surface area contributed by atoms with Crippen LogP contribution in [0.25, 0.3) is 10.9 Å². The summed E-state index contributed by atoms with van der Waals surface area (Å²) in [6, 6.07) is 1.94. The molecule has 124 valence electrons. The second kappa shape index (κ2) is 5.90. The van der Waals surface area contributed by atoms with Crippen LogP contribution in [0.15, 0.2) is 21.4 Å². The Morgan fingerprint density at radius 1 is 1.33 bits per heavy atom. The molecule has 1 aromatic carbocycles. The smallest absolute Gasteiger partial charge is 0.285 e. The van der Waals surface area contributed by atoms with E-state index in [-0.39, 0.29) is 53.2 Å². The second-order valence-electron chi connectivity index (χ2n) is 5.65. The highest BCUT2D eigenvalue weighted by Gasteiger charge is 2.32. The molecule has 0 aliphatic heterocycles. The van der Waals surface area contributed by atoms with Crippen molar-refractivity contribution in [2.45, 2.75) is 32.2 Å². The first-order chi connectivity index (χ1) is 11.3. The van der Waals surface area contributed by atoms with Gasteiger partial charge in [0.05, 0.1) is 22.9 Å². The molecule has 1 saturated carbocycles.